The molecule has 3 N–H and O–H groups in total. The molecule has 2 saturated carbocycles. The molecular weight excluding hydrogens is 694 g/mol. The van der Waals surface area contributed by atoms with Crippen LogP contribution in [0.3, 0.4) is 0 Å². The minimum atomic E-state index is -3.90. The first-order valence-electron chi connectivity index (χ1n) is 18.4. The van der Waals surface area contributed by atoms with E-state index in [4.69, 9.17) is 14.2 Å². The summed E-state index contributed by atoms with van der Waals surface area (Å²) in [5.74, 6) is -2.47. The fourth-order valence-corrected chi connectivity index (χ4v) is 9.01. The summed E-state index contributed by atoms with van der Waals surface area (Å²) >= 11 is 0. The maximum absolute atomic E-state index is 14.4. The quantitative estimate of drug-likeness (QED) is 0.364. The molecule has 52 heavy (non-hydrogen) atoms. The summed E-state index contributed by atoms with van der Waals surface area (Å²) in [6, 6.07) is 5.66. The predicted octanol–water partition coefficient (Wildman–Crippen LogP) is 2.04. The van der Waals surface area contributed by atoms with Crippen LogP contribution < -0.4 is 15.4 Å². The molecule has 0 radical (unpaired) electrons. The summed E-state index contributed by atoms with van der Waals surface area (Å²) in [5.41, 5.74) is 0.657. The lowest BCUT2D eigenvalue weighted by Gasteiger charge is -2.30. The molecule has 1 aromatic carbocycles. The van der Waals surface area contributed by atoms with E-state index in [1.807, 2.05) is 36.4 Å². The van der Waals surface area contributed by atoms with Crippen LogP contribution in [0.1, 0.15) is 75.3 Å². The molecule has 2 aliphatic carbocycles. The first-order valence-corrected chi connectivity index (χ1v) is 20.0. The molecule has 0 unspecified atom stereocenters. The van der Waals surface area contributed by atoms with Gasteiger partial charge in [-0.15, -0.1) is 0 Å². The van der Waals surface area contributed by atoms with Gasteiger partial charge in [-0.1, -0.05) is 49.3 Å². The second kappa shape index (κ2) is 15.0. The zero-order valence-electron chi connectivity index (χ0n) is 29.1. The zero-order valence-corrected chi connectivity index (χ0v) is 29.9. The summed E-state index contributed by atoms with van der Waals surface area (Å²) < 4.78 is 44.5. The first-order chi connectivity index (χ1) is 25.0. The Morgan fingerprint density at radius 2 is 1.79 bits per heavy atom. The van der Waals surface area contributed by atoms with Gasteiger partial charge in [0.1, 0.15) is 29.8 Å². The standard InChI is InChI=1S/C36H47N5O10S/c42-31-30-18-27(51-35(46)40-16-14-23-8-6-7-9-24(23)20-40)21-41(30)32(43)29(37-34(45)50-26-15-17-49-22-26)11-5-3-1-2-4-10-25-19-36(25,38-31)33(44)39-52(47,48)28-12-13-28/h4,6-10,25-30H,1-3,5,11-22H2,(H,37,45)(H,38,42)(H,39,44)/b10-4+/t25-,26-,27-,29+,30+,36-/m1/s1. The second-order valence-electron chi connectivity index (χ2n) is 14.8. The third-order valence-electron chi connectivity index (χ3n) is 11.0. The van der Waals surface area contributed by atoms with Crippen LogP contribution in [0.2, 0.25) is 0 Å². The lowest BCUT2D eigenvalue weighted by molar-refractivity contribution is -0.141. The number of hydrogen-bond acceptors (Lipinski definition) is 10. The summed E-state index contributed by atoms with van der Waals surface area (Å²) in [6.07, 6.45) is 6.52. The number of benzene rings is 1. The summed E-state index contributed by atoms with van der Waals surface area (Å²) in [6.45, 7) is 1.43. The molecule has 282 valence electrons. The smallest absolute Gasteiger partial charge is 0.410 e. The van der Waals surface area contributed by atoms with Crippen molar-refractivity contribution in [3.63, 3.8) is 0 Å². The van der Waals surface area contributed by atoms with E-state index < -0.39 is 80.9 Å². The lowest BCUT2D eigenvalue weighted by Crippen LogP contribution is -2.58. The average molecular weight is 742 g/mol. The fraction of sp³-hybridized carbons (Fsp3) is 0.639. The Balaban J connectivity index is 1.12. The van der Waals surface area contributed by atoms with Crippen LogP contribution in [0, 0.1) is 5.92 Å². The SMILES string of the molecule is O=C(N[C@H]1CCCCC/C=C/[C@@H]2C[C@@]2(C(=O)NS(=O)(=O)C2CC2)NC(=O)[C@@H]2C[C@@H](OC(=O)N3CCc4ccccc4C3)CN2C1=O)O[C@@H]1CCOC1. The van der Waals surface area contributed by atoms with E-state index in [9.17, 15) is 32.4 Å². The molecular formula is C36H47N5O10S. The average Bonchev–Trinajstić information content (AvgIpc) is 4.00. The van der Waals surface area contributed by atoms with Crippen molar-refractivity contribution in [2.24, 2.45) is 5.92 Å². The maximum atomic E-state index is 14.4. The highest BCUT2D eigenvalue weighted by Gasteiger charge is 2.62. The van der Waals surface area contributed by atoms with Gasteiger partial charge < -0.3 is 34.6 Å². The lowest BCUT2D eigenvalue weighted by atomic mass is 10.0. The van der Waals surface area contributed by atoms with Crippen LogP contribution in [-0.2, 0) is 51.6 Å². The summed E-state index contributed by atoms with van der Waals surface area (Å²) in [4.78, 5) is 71.5. The molecule has 6 atom stereocenters. The Labute approximate surface area is 303 Å². The zero-order chi connectivity index (χ0) is 36.5. The van der Waals surface area contributed by atoms with Gasteiger partial charge in [0.2, 0.25) is 21.8 Å². The van der Waals surface area contributed by atoms with Gasteiger partial charge in [0.15, 0.2) is 0 Å². The van der Waals surface area contributed by atoms with Gasteiger partial charge in [-0.3, -0.25) is 19.1 Å². The number of alkyl carbamates (subject to hydrolysis) is 1. The van der Waals surface area contributed by atoms with Crippen molar-refractivity contribution in [3.8, 4) is 0 Å². The Kier molecular flexibility index (Phi) is 10.5. The Morgan fingerprint density at radius 1 is 0.981 bits per heavy atom. The first kappa shape index (κ1) is 36.2. The van der Waals surface area contributed by atoms with E-state index in [1.165, 1.54) is 4.90 Å². The number of fused-ring (bicyclic) bond motifs is 3. The number of amides is 5. The molecule has 16 heteroatoms. The number of carbonyl (C=O) groups excluding carboxylic acids is 5. The number of sulfonamides is 1. The van der Waals surface area contributed by atoms with Crippen LogP contribution in [0.15, 0.2) is 36.4 Å². The highest BCUT2D eigenvalue weighted by molar-refractivity contribution is 7.91. The molecule has 7 rings (SSSR count). The van der Waals surface area contributed by atoms with Crippen molar-refractivity contribution >= 4 is 39.9 Å². The normalized spacial score (nSPS) is 31.4. The largest absolute Gasteiger partial charge is 0.444 e. The molecule has 2 saturated heterocycles. The number of hydrogen-bond donors (Lipinski definition) is 3. The van der Waals surface area contributed by atoms with Gasteiger partial charge in [-0.05, 0) is 56.1 Å². The Morgan fingerprint density at radius 3 is 2.56 bits per heavy atom. The molecule has 4 aliphatic heterocycles. The third kappa shape index (κ3) is 8.07. The van der Waals surface area contributed by atoms with Crippen LogP contribution in [0.5, 0.6) is 0 Å². The van der Waals surface area contributed by atoms with Crippen LogP contribution in [0.4, 0.5) is 9.59 Å². The van der Waals surface area contributed by atoms with Crippen molar-refractivity contribution in [1.29, 1.82) is 0 Å². The molecule has 4 heterocycles. The molecule has 4 fully saturated rings. The predicted molar refractivity (Wildman–Crippen MR) is 185 cm³/mol. The summed E-state index contributed by atoms with van der Waals surface area (Å²) in [7, 11) is -3.90. The van der Waals surface area contributed by atoms with Gasteiger partial charge in [0, 0.05) is 31.8 Å². The number of nitrogens with one attached hydrogen (secondary N) is 3. The third-order valence-corrected chi connectivity index (χ3v) is 12.8. The van der Waals surface area contributed by atoms with E-state index in [-0.39, 0.29) is 32.4 Å². The minimum Gasteiger partial charge on any atom is -0.444 e. The fourth-order valence-electron chi connectivity index (χ4n) is 7.65. The van der Waals surface area contributed by atoms with Gasteiger partial charge in [-0.2, -0.15) is 0 Å². The molecule has 5 amide bonds. The number of allylic oxidation sites excluding steroid dienone is 1. The van der Waals surface area contributed by atoms with Gasteiger partial charge in [0.25, 0.3) is 5.91 Å². The van der Waals surface area contributed by atoms with Crippen molar-refractivity contribution in [2.75, 3.05) is 26.3 Å². The highest BCUT2D eigenvalue weighted by Crippen LogP contribution is 2.46. The van der Waals surface area contributed by atoms with Gasteiger partial charge in [-0.25, -0.2) is 18.0 Å². The summed E-state index contributed by atoms with van der Waals surface area (Å²) in [5, 5.41) is 4.91. The monoisotopic (exact) mass is 741 g/mol. The van der Waals surface area contributed by atoms with Crippen molar-refractivity contribution in [2.45, 2.75) is 112 Å². The number of rotatable bonds is 6. The van der Waals surface area contributed by atoms with Gasteiger partial charge >= 0.3 is 12.2 Å². The molecule has 15 nitrogen and oxygen atoms in total. The van der Waals surface area contributed by atoms with E-state index in [1.54, 1.807) is 4.90 Å². The van der Waals surface area contributed by atoms with Crippen molar-refractivity contribution in [1.82, 2.24) is 25.2 Å². The van der Waals surface area contributed by atoms with E-state index >= 15 is 0 Å². The molecule has 0 spiro atoms. The van der Waals surface area contributed by atoms with Crippen LogP contribution in [0.25, 0.3) is 0 Å². The Hall–Kier alpha value is -4.18. The number of carbonyl (C=O) groups is 5. The molecule has 0 aromatic heterocycles. The van der Waals surface area contributed by atoms with Gasteiger partial charge in [0.05, 0.1) is 25.0 Å². The number of nitrogens with zero attached hydrogens (tertiary/aromatic N) is 2. The van der Waals surface area contributed by atoms with Crippen molar-refractivity contribution in [3.05, 3.63) is 47.5 Å². The molecule has 1 aromatic rings. The topological polar surface area (TPSA) is 190 Å². The molecule has 0 bridgehead atoms. The Bertz CT molecular complexity index is 1710. The highest BCUT2D eigenvalue weighted by atomic mass is 32.2. The van der Waals surface area contributed by atoms with Crippen LogP contribution in [-0.4, -0.2) is 110 Å². The maximum Gasteiger partial charge on any atom is 0.410 e. The minimum absolute atomic E-state index is 0.0527. The van der Waals surface area contributed by atoms with E-state index in [0.717, 1.165) is 24.0 Å². The molecule has 6 aliphatic rings. The number of ether oxygens (including phenoxy) is 3. The van der Waals surface area contributed by atoms with Crippen molar-refractivity contribution < 1.29 is 46.6 Å². The van der Waals surface area contributed by atoms with E-state index in [2.05, 4.69) is 15.4 Å². The van der Waals surface area contributed by atoms with E-state index in [0.29, 0.717) is 58.2 Å². The van der Waals surface area contributed by atoms with Crippen LogP contribution >= 0.6 is 0 Å². The second-order valence-corrected chi connectivity index (χ2v) is 16.7.